The molecule has 0 aliphatic heterocycles. The molecule has 0 fully saturated rings. The molecule has 5 heteroatoms. The predicted molar refractivity (Wildman–Crippen MR) is 52.8 cm³/mol. The van der Waals surface area contributed by atoms with E-state index in [1.807, 2.05) is 30.3 Å². The maximum absolute atomic E-state index is 10.3. The molecule has 0 saturated heterocycles. The average molecular weight is 216 g/mol. The van der Waals surface area contributed by atoms with Crippen LogP contribution in [0.4, 0.5) is 0 Å². The van der Waals surface area contributed by atoms with Crippen LogP contribution in [0.15, 0.2) is 30.3 Å². The summed E-state index contributed by atoms with van der Waals surface area (Å²) in [7, 11) is -4.29. The van der Waals surface area contributed by atoms with Gasteiger partial charge in [-0.25, -0.2) is 4.57 Å². The third kappa shape index (κ3) is 5.14. The Morgan fingerprint density at radius 1 is 1.21 bits per heavy atom. The zero-order valence-electron chi connectivity index (χ0n) is 7.67. The first-order valence-electron chi connectivity index (χ1n) is 4.32. The maximum Gasteiger partial charge on any atom is 0.469 e. The number of hydrogen-bond acceptors (Lipinski definition) is 2. The van der Waals surface area contributed by atoms with E-state index in [1.54, 1.807) is 0 Å². The molecule has 2 N–H and O–H groups in total. The highest BCUT2D eigenvalue weighted by molar-refractivity contribution is 7.46. The van der Waals surface area contributed by atoms with Crippen LogP contribution in [-0.2, 0) is 15.5 Å². The summed E-state index contributed by atoms with van der Waals surface area (Å²) in [5, 5.41) is 0. The fourth-order valence-corrected chi connectivity index (χ4v) is 1.47. The topological polar surface area (TPSA) is 66.8 Å². The number of benzene rings is 1. The summed E-state index contributed by atoms with van der Waals surface area (Å²) in [6.07, 6.45) is 1.37. The van der Waals surface area contributed by atoms with Gasteiger partial charge in [-0.2, -0.15) is 0 Å². The monoisotopic (exact) mass is 216 g/mol. The zero-order valence-corrected chi connectivity index (χ0v) is 8.56. The van der Waals surface area contributed by atoms with Gasteiger partial charge < -0.3 is 9.79 Å². The van der Waals surface area contributed by atoms with E-state index in [9.17, 15) is 4.57 Å². The summed E-state index contributed by atoms with van der Waals surface area (Å²) in [6.45, 7) is 0.0825. The Labute approximate surface area is 82.8 Å². The number of hydrogen-bond donors (Lipinski definition) is 2. The lowest BCUT2D eigenvalue weighted by Crippen LogP contribution is -1.94. The highest BCUT2D eigenvalue weighted by Gasteiger charge is 2.12. The van der Waals surface area contributed by atoms with Gasteiger partial charge in [0, 0.05) is 0 Å². The Morgan fingerprint density at radius 3 is 2.43 bits per heavy atom. The van der Waals surface area contributed by atoms with Gasteiger partial charge in [-0.05, 0) is 18.4 Å². The van der Waals surface area contributed by atoms with Crippen LogP contribution < -0.4 is 0 Å². The number of phosphoric acid groups is 1. The molecule has 1 rings (SSSR count). The van der Waals surface area contributed by atoms with Gasteiger partial charge in [-0.3, -0.25) is 4.52 Å². The van der Waals surface area contributed by atoms with Crippen molar-refractivity contribution in [2.45, 2.75) is 12.8 Å². The Bertz CT molecular complexity index is 306. The lowest BCUT2D eigenvalue weighted by Gasteiger charge is -2.04. The molecule has 78 valence electrons. The minimum atomic E-state index is -4.29. The van der Waals surface area contributed by atoms with Crippen LogP contribution >= 0.6 is 7.82 Å². The molecule has 0 amide bonds. The molecule has 0 spiro atoms. The summed E-state index contributed by atoms with van der Waals surface area (Å²) in [5.74, 6) is 0. The average Bonchev–Trinajstić information content (AvgIpc) is 2.13. The van der Waals surface area contributed by atoms with Crippen LogP contribution in [0.5, 0.6) is 0 Å². The normalized spacial score (nSPS) is 11.6. The lowest BCUT2D eigenvalue weighted by atomic mass is 10.1. The smallest absolute Gasteiger partial charge is 0.303 e. The van der Waals surface area contributed by atoms with E-state index in [0.29, 0.717) is 6.42 Å². The van der Waals surface area contributed by atoms with E-state index in [4.69, 9.17) is 9.79 Å². The van der Waals surface area contributed by atoms with Crippen molar-refractivity contribution in [2.24, 2.45) is 0 Å². The molecule has 0 aliphatic rings. The summed E-state index contributed by atoms with van der Waals surface area (Å²) >= 11 is 0. The molecule has 14 heavy (non-hydrogen) atoms. The Balaban J connectivity index is 2.20. The molecule has 0 saturated carbocycles. The standard InChI is InChI=1S/C9H13O4P/c10-14(11,12)13-8-4-7-9-5-2-1-3-6-9/h1-3,5-6H,4,7-8H2,(H2,10,11,12). The van der Waals surface area contributed by atoms with Gasteiger partial charge in [-0.15, -0.1) is 0 Å². The van der Waals surface area contributed by atoms with Crippen molar-refractivity contribution in [3.05, 3.63) is 35.9 Å². The highest BCUT2D eigenvalue weighted by atomic mass is 31.2. The van der Waals surface area contributed by atoms with E-state index in [1.165, 1.54) is 0 Å². The third-order valence-corrected chi connectivity index (χ3v) is 2.23. The van der Waals surface area contributed by atoms with Crippen LogP contribution in [0, 0.1) is 0 Å². The van der Waals surface area contributed by atoms with Gasteiger partial charge in [-0.1, -0.05) is 30.3 Å². The molecular formula is C9H13O4P. The Kier molecular flexibility index (Phi) is 4.29. The van der Waals surface area contributed by atoms with Crippen LogP contribution in [-0.4, -0.2) is 16.4 Å². The largest absolute Gasteiger partial charge is 0.469 e. The van der Waals surface area contributed by atoms with E-state index in [-0.39, 0.29) is 6.61 Å². The third-order valence-electron chi connectivity index (χ3n) is 1.71. The zero-order chi connectivity index (χ0) is 10.4. The first-order valence-corrected chi connectivity index (χ1v) is 5.85. The van der Waals surface area contributed by atoms with Crippen molar-refractivity contribution in [3.63, 3.8) is 0 Å². The molecule has 4 nitrogen and oxygen atoms in total. The fraction of sp³-hybridized carbons (Fsp3) is 0.333. The summed E-state index contributed by atoms with van der Waals surface area (Å²) < 4.78 is 14.6. The molecule has 1 aromatic carbocycles. The molecule has 0 radical (unpaired) electrons. The molecule has 0 heterocycles. The molecule has 0 aliphatic carbocycles. The van der Waals surface area contributed by atoms with Gasteiger partial charge in [0.25, 0.3) is 0 Å². The van der Waals surface area contributed by atoms with Crippen molar-refractivity contribution in [1.29, 1.82) is 0 Å². The minimum Gasteiger partial charge on any atom is -0.303 e. The van der Waals surface area contributed by atoms with Crippen molar-refractivity contribution >= 4 is 7.82 Å². The van der Waals surface area contributed by atoms with Crippen LogP contribution in [0.1, 0.15) is 12.0 Å². The van der Waals surface area contributed by atoms with Gasteiger partial charge in [0.15, 0.2) is 0 Å². The first kappa shape index (κ1) is 11.4. The summed E-state index contributed by atoms with van der Waals surface area (Å²) in [5.41, 5.74) is 1.14. The summed E-state index contributed by atoms with van der Waals surface area (Å²) in [6, 6.07) is 9.73. The van der Waals surface area contributed by atoms with Crippen LogP contribution in [0.2, 0.25) is 0 Å². The van der Waals surface area contributed by atoms with E-state index in [0.717, 1.165) is 12.0 Å². The summed E-state index contributed by atoms with van der Waals surface area (Å²) in [4.78, 5) is 16.8. The predicted octanol–water partition coefficient (Wildman–Crippen LogP) is 1.73. The van der Waals surface area contributed by atoms with Crippen molar-refractivity contribution in [2.75, 3.05) is 6.61 Å². The van der Waals surface area contributed by atoms with Crippen molar-refractivity contribution < 1.29 is 18.9 Å². The SMILES string of the molecule is O=P(O)(O)OCCCc1ccccc1. The molecule has 0 bridgehead atoms. The second-order valence-electron chi connectivity index (χ2n) is 2.91. The Hall–Kier alpha value is -0.670. The Morgan fingerprint density at radius 2 is 1.86 bits per heavy atom. The molecule has 0 aromatic heterocycles. The fourth-order valence-electron chi connectivity index (χ4n) is 1.10. The first-order chi connectivity index (χ1) is 6.58. The van der Waals surface area contributed by atoms with Crippen molar-refractivity contribution in [3.8, 4) is 0 Å². The molecule has 0 atom stereocenters. The van der Waals surface area contributed by atoms with Gasteiger partial charge in [0.05, 0.1) is 6.61 Å². The quantitative estimate of drug-likeness (QED) is 0.581. The van der Waals surface area contributed by atoms with Crippen LogP contribution in [0.25, 0.3) is 0 Å². The van der Waals surface area contributed by atoms with E-state index >= 15 is 0 Å². The number of aryl methyl sites for hydroxylation is 1. The van der Waals surface area contributed by atoms with E-state index in [2.05, 4.69) is 4.52 Å². The second kappa shape index (κ2) is 5.27. The molecule has 1 aromatic rings. The van der Waals surface area contributed by atoms with Crippen LogP contribution in [0.3, 0.4) is 0 Å². The second-order valence-corrected chi connectivity index (χ2v) is 4.15. The van der Waals surface area contributed by atoms with E-state index < -0.39 is 7.82 Å². The van der Waals surface area contributed by atoms with Crippen molar-refractivity contribution in [1.82, 2.24) is 0 Å². The molecular weight excluding hydrogens is 203 g/mol. The maximum atomic E-state index is 10.3. The van der Waals surface area contributed by atoms with Gasteiger partial charge in [0.2, 0.25) is 0 Å². The highest BCUT2D eigenvalue weighted by Crippen LogP contribution is 2.35. The number of phosphoric ester groups is 1. The van der Waals surface area contributed by atoms with Gasteiger partial charge in [0.1, 0.15) is 0 Å². The number of rotatable bonds is 5. The molecule has 0 unspecified atom stereocenters. The van der Waals surface area contributed by atoms with Gasteiger partial charge >= 0.3 is 7.82 Å². The minimum absolute atomic E-state index is 0.0825. The lowest BCUT2D eigenvalue weighted by molar-refractivity contribution is 0.195.